The Morgan fingerprint density at radius 3 is 2.33 bits per heavy atom. The lowest BCUT2D eigenvalue weighted by Crippen LogP contribution is -2.47. The SMILES string of the molecule is CC(=O)N1CCC(NC2CCCC(C)CC2)CC1. The van der Waals surface area contributed by atoms with Gasteiger partial charge >= 0.3 is 0 Å². The van der Waals surface area contributed by atoms with E-state index < -0.39 is 0 Å². The monoisotopic (exact) mass is 252 g/mol. The third-order valence-electron chi connectivity index (χ3n) is 4.67. The molecule has 2 fully saturated rings. The van der Waals surface area contributed by atoms with Crippen LogP contribution in [0.1, 0.15) is 58.8 Å². The van der Waals surface area contributed by atoms with Crippen molar-refractivity contribution in [1.82, 2.24) is 10.2 Å². The number of carbonyl (C=O) groups excluding carboxylic acids is 1. The molecule has 3 nitrogen and oxygen atoms in total. The number of hydrogen-bond acceptors (Lipinski definition) is 2. The Kier molecular flexibility index (Phi) is 5.04. The summed E-state index contributed by atoms with van der Waals surface area (Å²) in [5.74, 6) is 1.15. The highest BCUT2D eigenvalue weighted by atomic mass is 16.2. The van der Waals surface area contributed by atoms with Crippen molar-refractivity contribution in [2.24, 2.45) is 5.92 Å². The van der Waals surface area contributed by atoms with Gasteiger partial charge in [0, 0.05) is 32.1 Å². The van der Waals surface area contributed by atoms with E-state index in [2.05, 4.69) is 12.2 Å². The molecule has 3 heteroatoms. The van der Waals surface area contributed by atoms with Gasteiger partial charge in [-0.05, 0) is 38.0 Å². The highest BCUT2D eigenvalue weighted by molar-refractivity contribution is 5.73. The van der Waals surface area contributed by atoms with E-state index in [1.807, 2.05) is 4.90 Å². The van der Waals surface area contributed by atoms with Crippen LogP contribution in [-0.4, -0.2) is 36.0 Å². The second kappa shape index (κ2) is 6.55. The van der Waals surface area contributed by atoms with Crippen LogP contribution in [0, 0.1) is 5.92 Å². The molecular weight excluding hydrogens is 224 g/mol. The number of amides is 1. The minimum absolute atomic E-state index is 0.233. The van der Waals surface area contributed by atoms with E-state index in [0.29, 0.717) is 6.04 Å². The number of piperidine rings is 1. The molecule has 0 aromatic rings. The Morgan fingerprint density at radius 2 is 1.67 bits per heavy atom. The van der Waals surface area contributed by atoms with Gasteiger partial charge in [0.1, 0.15) is 0 Å². The fraction of sp³-hybridized carbons (Fsp3) is 0.933. The average Bonchev–Trinajstić information content (AvgIpc) is 2.55. The quantitative estimate of drug-likeness (QED) is 0.766. The van der Waals surface area contributed by atoms with Gasteiger partial charge in [0.25, 0.3) is 0 Å². The lowest BCUT2D eigenvalue weighted by atomic mass is 10.0. The summed E-state index contributed by atoms with van der Waals surface area (Å²) in [4.78, 5) is 13.3. The maximum Gasteiger partial charge on any atom is 0.219 e. The molecule has 1 saturated carbocycles. The molecule has 1 saturated heterocycles. The van der Waals surface area contributed by atoms with Gasteiger partial charge < -0.3 is 10.2 Å². The maximum absolute atomic E-state index is 11.3. The summed E-state index contributed by atoms with van der Waals surface area (Å²) in [5.41, 5.74) is 0. The van der Waals surface area contributed by atoms with Crippen LogP contribution in [0.4, 0.5) is 0 Å². The van der Waals surface area contributed by atoms with E-state index in [1.165, 1.54) is 32.1 Å². The number of nitrogens with one attached hydrogen (secondary N) is 1. The first kappa shape index (κ1) is 13.9. The molecule has 1 amide bonds. The minimum Gasteiger partial charge on any atom is -0.343 e. The Labute approximate surface area is 111 Å². The van der Waals surface area contributed by atoms with Crippen LogP contribution < -0.4 is 5.32 Å². The van der Waals surface area contributed by atoms with Crippen LogP contribution in [-0.2, 0) is 4.79 Å². The molecule has 2 atom stereocenters. The van der Waals surface area contributed by atoms with E-state index in [-0.39, 0.29) is 5.91 Å². The minimum atomic E-state index is 0.233. The molecule has 0 aromatic heterocycles. The van der Waals surface area contributed by atoms with Crippen molar-refractivity contribution < 1.29 is 4.79 Å². The lowest BCUT2D eigenvalue weighted by molar-refractivity contribution is -0.129. The van der Waals surface area contributed by atoms with E-state index in [0.717, 1.165) is 37.9 Å². The molecule has 1 N–H and O–H groups in total. The molecule has 0 aromatic carbocycles. The van der Waals surface area contributed by atoms with Crippen molar-refractivity contribution in [3.63, 3.8) is 0 Å². The van der Waals surface area contributed by atoms with Gasteiger partial charge in [0.15, 0.2) is 0 Å². The molecule has 18 heavy (non-hydrogen) atoms. The lowest BCUT2D eigenvalue weighted by Gasteiger charge is -2.34. The smallest absolute Gasteiger partial charge is 0.219 e. The summed E-state index contributed by atoms with van der Waals surface area (Å²) in [7, 11) is 0. The summed E-state index contributed by atoms with van der Waals surface area (Å²) in [5, 5.41) is 3.84. The zero-order valence-electron chi connectivity index (χ0n) is 12.0. The van der Waals surface area contributed by atoms with Gasteiger partial charge in [0.05, 0.1) is 0 Å². The molecule has 1 aliphatic heterocycles. The number of rotatable bonds is 2. The summed E-state index contributed by atoms with van der Waals surface area (Å²) in [6.07, 6.45) is 9.11. The largest absolute Gasteiger partial charge is 0.343 e. The van der Waals surface area contributed by atoms with Crippen LogP contribution in [0.2, 0.25) is 0 Å². The van der Waals surface area contributed by atoms with Gasteiger partial charge in [-0.25, -0.2) is 0 Å². The first-order valence-electron chi connectivity index (χ1n) is 7.66. The van der Waals surface area contributed by atoms with E-state index in [1.54, 1.807) is 6.92 Å². The van der Waals surface area contributed by atoms with Crippen molar-refractivity contribution in [1.29, 1.82) is 0 Å². The third-order valence-corrected chi connectivity index (χ3v) is 4.67. The van der Waals surface area contributed by atoms with E-state index in [9.17, 15) is 4.79 Å². The van der Waals surface area contributed by atoms with Crippen molar-refractivity contribution in [3.05, 3.63) is 0 Å². The first-order valence-corrected chi connectivity index (χ1v) is 7.66. The molecule has 2 unspecified atom stereocenters. The number of carbonyl (C=O) groups is 1. The fourth-order valence-electron chi connectivity index (χ4n) is 3.35. The molecule has 1 aliphatic carbocycles. The van der Waals surface area contributed by atoms with Crippen LogP contribution in [0.15, 0.2) is 0 Å². The van der Waals surface area contributed by atoms with Gasteiger partial charge in [-0.3, -0.25) is 4.79 Å². The summed E-state index contributed by atoms with van der Waals surface area (Å²) in [6.45, 7) is 5.94. The van der Waals surface area contributed by atoms with Crippen LogP contribution in [0.3, 0.4) is 0 Å². The summed E-state index contributed by atoms with van der Waals surface area (Å²) < 4.78 is 0. The zero-order chi connectivity index (χ0) is 13.0. The highest BCUT2D eigenvalue weighted by Gasteiger charge is 2.24. The molecular formula is C15H28N2O. The average molecular weight is 252 g/mol. The standard InChI is InChI=1S/C15H28N2O/c1-12-4-3-5-14(7-6-12)16-15-8-10-17(11-9-15)13(2)18/h12,14-16H,3-11H2,1-2H3. The summed E-state index contributed by atoms with van der Waals surface area (Å²) in [6, 6.07) is 1.36. The highest BCUT2D eigenvalue weighted by Crippen LogP contribution is 2.23. The Bertz CT molecular complexity index is 272. The number of nitrogens with zero attached hydrogens (tertiary/aromatic N) is 1. The predicted octanol–water partition coefficient (Wildman–Crippen LogP) is 2.56. The summed E-state index contributed by atoms with van der Waals surface area (Å²) >= 11 is 0. The topological polar surface area (TPSA) is 32.3 Å². The van der Waals surface area contributed by atoms with Crippen LogP contribution >= 0.6 is 0 Å². The number of hydrogen-bond donors (Lipinski definition) is 1. The molecule has 2 aliphatic rings. The molecule has 0 spiro atoms. The molecule has 0 radical (unpaired) electrons. The van der Waals surface area contributed by atoms with Crippen molar-refractivity contribution in [2.45, 2.75) is 70.9 Å². The zero-order valence-corrected chi connectivity index (χ0v) is 12.0. The van der Waals surface area contributed by atoms with Crippen molar-refractivity contribution >= 4 is 5.91 Å². The molecule has 0 bridgehead atoms. The Morgan fingerprint density at radius 1 is 1.00 bits per heavy atom. The van der Waals surface area contributed by atoms with Gasteiger partial charge in [0.2, 0.25) is 5.91 Å². The van der Waals surface area contributed by atoms with Gasteiger partial charge in [-0.15, -0.1) is 0 Å². The molecule has 2 rings (SSSR count). The van der Waals surface area contributed by atoms with E-state index >= 15 is 0 Å². The van der Waals surface area contributed by atoms with Crippen LogP contribution in [0.5, 0.6) is 0 Å². The second-order valence-electron chi connectivity index (χ2n) is 6.26. The van der Waals surface area contributed by atoms with Crippen molar-refractivity contribution in [2.75, 3.05) is 13.1 Å². The van der Waals surface area contributed by atoms with Gasteiger partial charge in [-0.1, -0.05) is 19.8 Å². The second-order valence-corrected chi connectivity index (χ2v) is 6.26. The van der Waals surface area contributed by atoms with Crippen molar-refractivity contribution in [3.8, 4) is 0 Å². The molecule has 104 valence electrons. The Hall–Kier alpha value is -0.570. The first-order chi connectivity index (χ1) is 8.65. The maximum atomic E-state index is 11.3. The predicted molar refractivity (Wildman–Crippen MR) is 74.4 cm³/mol. The van der Waals surface area contributed by atoms with E-state index in [4.69, 9.17) is 0 Å². The van der Waals surface area contributed by atoms with Gasteiger partial charge in [-0.2, -0.15) is 0 Å². The fourth-order valence-corrected chi connectivity index (χ4v) is 3.35. The number of likely N-dealkylation sites (tertiary alicyclic amines) is 1. The molecule has 1 heterocycles. The van der Waals surface area contributed by atoms with Crippen LogP contribution in [0.25, 0.3) is 0 Å². The normalized spacial score (nSPS) is 31.1. The Balaban J connectivity index is 1.72. The third kappa shape index (κ3) is 3.98.